The van der Waals surface area contributed by atoms with E-state index in [1.165, 1.54) is 11.6 Å². The first-order valence-corrected chi connectivity index (χ1v) is 9.16. The normalized spacial score (nSPS) is 11.1. The van der Waals surface area contributed by atoms with Crippen molar-refractivity contribution >= 4 is 35.1 Å². The molecule has 0 aliphatic carbocycles. The number of aliphatic imine (C=N–C) groups is 1. The van der Waals surface area contributed by atoms with Crippen LogP contribution in [0.2, 0.25) is 10.0 Å². The minimum absolute atomic E-state index is 0.0438. The highest BCUT2D eigenvalue weighted by Gasteiger charge is 2.11. The summed E-state index contributed by atoms with van der Waals surface area (Å²) in [7, 11) is 0. The van der Waals surface area contributed by atoms with E-state index >= 15 is 0 Å². The van der Waals surface area contributed by atoms with E-state index in [0.717, 1.165) is 16.8 Å². The summed E-state index contributed by atoms with van der Waals surface area (Å²) in [6.45, 7) is 4.10. The van der Waals surface area contributed by atoms with Crippen molar-refractivity contribution in [2.24, 2.45) is 4.99 Å². The minimum atomic E-state index is -0.332. The Morgan fingerprint density at radius 3 is 2.37 bits per heavy atom. The first kappa shape index (κ1) is 19.4. The number of hydrogen-bond acceptors (Lipinski definition) is 2. The van der Waals surface area contributed by atoms with Crippen LogP contribution in [0.4, 0.5) is 10.1 Å². The highest BCUT2D eigenvalue weighted by atomic mass is 35.5. The van der Waals surface area contributed by atoms with Gasteiger partial charge < -0.3 is 4.74 Å². The molecule has 0 bridgehead atoms. The molecular formula is C22H18Cl2FNO. The lowest BCUT2D eigenvalue weighted by Gasteiger charge is -2.11. The average Bonchev–Trinajstić information content (AvgIpc) is 2.61. The van der Waals surface area contributed by atoms with Crippen LogP contribution in [0.25, 0.3) is 0 Å². The van der Waals surface area contributed by atoms with Crippen molar-refractivity contribution in [3.8, 4) is 5.75 Å². The summed E-state index contributed by atoms with van der Waals surface area (Å²) in [5, 5.41) is 0.696. The summed E-state index contributed by atoms with van der Waals surface area (Å²) in [5.41, 5.74) is 4.35. The van der Waals surface area contributed by atoms with Crippen LogP contribution < -0.4 is 4.74 Å². The van der Waals surface area contributed by atoms with Crippen LogP contribution >= 0.6 is 23.2 Å². The van der Waals surface area contributed by atoms with E-state index in [4.69, 9.17) is 27.9 Å². The van der Waals surface area contributed by atoms with Crippen LogP contribution in [0.1, 0.15) is 22.3 Å². The topological polar surface area (TPSA) is 21.6 Å². The molecule has 0 aliphatic rings. The van der Waals surface area contributed by atoms with Gasteiger partial charge in [-0.05, 0) is 49.2 Å². The molecule has 0 amide bonds. The van der Waals surface area contributed by atoms with E-state index in [-0.39, 0.29) is 12.4 Å². The fraction of sp³-hybridized carbons (Fsp3) is 0.136. The number of halogens is 3. The molecule has 138 valence electrons. The zero-order valence-corrected chi connectivity index (χ0v) is 16.5. The predicted molar refractivity (Wildman–Crippen MR) is 110 cm³/mol. The Bertz CT molecular complexity index is 978. The van der Waals surface area contributed by atoms with Crippen LogP contribution in [-0.2, 0) is 6.61 Å². The third kappa shape index (κ3) is 4.88. The van der Waals surface area contributed by atoms with Crippen LogP contribution in [0.15, 0.2) is 59.6 Å². The summed E-state index contributed by atoms with van der Waals surface area (Å²) >= 11 is 12.6. The van der Waals surface area contributed by atoms with Crippen molar-refractivity contribution in [3.05, 3.63) is 92.7 Å². The second-order valence-corrected chi connectivity index (χ2v) is 7.06. The number of ether oxygens (including phenoxy) is 1. The van der Waals surface area contributed by atoms with Crippen molar-refractivity contribution in [3.63, 3.8) is 0 Å². The molecule has 0 spiro atoms. The van der Waals surface area contributed by atoms with Gasteiger partial charge >= 0.3 is 0 Å². The van der Waals surface area contributed by atoms with Gasteiger partial charge in [0.05, 0.1) is 15.7 Å². The van der Waals surface area contributed by atoms with Crippen molar-refractivity contribution in [2.45, 2.75) is 20.5 Å². The summed E-state index contributed by atoms with van der Waals surface area (Å²) in [6, 6.07) is 15.9. The Labute approximate surface area is 168 Å². The molecule has 3 aromatic carbocycles. The highest BCUT2D eigenvalue weighted by Crippen LogP contribution is 2.34. The summed E-state index contributed by atoms with van der Waals surface area (Å²) in [5.74, 6) is -0.00720. The first-order chi connectivity index (χ1) is 12.9. The maximum atomic E-state index is 13.7. The smallest absolute Gasteiger partial charge is 0.157 e. The van der Waals surface area contributed by atoms with Gasteiger partial charge in [0, 0.05) is 11.8 Å². The molecular weight excluding hydrogens is 384 g/mol. The third-order valence-corrected chi connectivity index (χ3v) is 4.62. The van der Waals surface area contributed by atoms with Crippen LogP contribution in [-0.4, -0.2) is 6.21 Å². The van der Waals surface area contributed by atoms with Gasteiger partial charge in [0.2, 0.25) is 0 Å². The van der Waals surface area contributed by atoms with Crippen molar-refractivity contribution in [1.29, 1.82) is 0 Å². The van der Waals surface area contributed by atoms with E-state index in [2.05, 4.69) is 11.1 Å². The molecule has 0 atom stereocenters. The average molecular weight is 402 g/mol. The van der Waals surface area contributed by atoms with E-state index in [1.807, 2.05) is 26.0 Å². The Hall–Kier alpha value is -2.36. The van der Waals surface area contributed by atoms with E-state index in [1.54, 1.807) is 36.5 Å². The van der Waals surface area contributed by atoms with Crippen molar-refractivity contribution < 1.29 is 9.13 Å². The number of aryl methyl sites for hydroxylation is 2. The largest absolute Gasteiger partial charge is 0.486 e. The Kier molecular flexibility index (Phi) is 6.15. The second kappa shape index (κ2) is 8.55. The molecule has 2 nitrogen and oxygen atoms in total. The zero-order chi connectivity index (χ0) is 19.4. The molecule has 0 aliphatic heterocycles. The van der Waals surface area contributed by atoms with Gasteiger partial charge in [0.1, 0.15) is 12.4 Å². The quantitative estimate of drug-likeness (QED) is 0.418. The van der Waals surface area contributed by atoms with Crippen LogP contribution in [0.3, 0.4) is 0 Å². The molecule has 0 saturated heterocycles. The fourth-order valence-electron chi connectivity index (χ4n) is 2.65. The van der Waals surface area contributed by atoms with Gasteiger partial charge in [-0.2, -0.15) is 0 Å². The minimum Gasteiger partial charge on any atom is -0.486 e. The van der Waals surface area contributed by atoms with Gasteiger partial charge in [-0.1, -0.05) is 59.1 Å². The van der Waals surface area contributed by atoms with Crippen molar-refractivity contribution in [2.75, 3.05) is 0 Å². The van der Waals surface area contributed by atoms with Gasteiger partial charge in [0.25, 0.3) is 0 Å². The lowest BCUT2D eigenvalue weighted by Crippen LogP contribution is -1.99. The molecule has 5 heteroatoms. The summed E-state index contributed by atoms with van der Waals surface area (Å²) in [6.07, 6.45) is 1.70. The Balaban J connectivity index is 1.78. The fourth-order valence-corrected chi connectivity index (χ4v) is 3.26. The molecule has 0 radical (unpaired) electrons. The molecule has 0 saturated carbocycles. The predicted octanol–water partition coefficient (Wildman–Crippen LogP) is 7.08. The third-order valence-electron chi connectivity index (χ3n) is 4.06. The Morgan fingerprint density at radius 2 is 1.70 bits per heavy atom. The van der Waals surface area contributed by atoms with Crippen LogP contribution in [0, 0.1) is 19.7 Å². The monoisotopic (exact) mass is 401 g/mol. The Morgan fingerprint density at radius 1 is 1.00 bits per heavy atom. The number of benzene rings is 3. The maximum Gasteiger partial charge on any atom is 0.157 e. The summed E-state index contributed by atoms with van der Waals surface area (Å²) < 4.78 is 19.3. The van der Waals surface area contributed by atoms with Gasteiger partial charge in [0.15, 0.2) is 5.75 Å². The molecule has 0 N–H and O–H groups in total. The molecule has 0 unspecified atom stereocenters. The lowest BCUT2D eigenvalue weighted by molar-refractivity contribution is 0.300. The molecule has 0 aromatic heterocycles. The van der Waals surface area contributed by atoms with Crippen LogP contribution in [0.5, 0.6) is 5.75 Å². The van der Waals surface area contributed by atoms with E-state index in [0.29, 0.717) is 21.4 Å². The van der Waals surface area contributed by atoms with Gasteiger partial charge in [-0.15, -0.1) is 0 Å². The summed E-state index contributed by atoms with van der Waals surface area (Å²) in [4.78, 5) is 4.50. The molecule has 0 fully saturated rings. The molecule has 0 heterocycles. The highest BCUT2D eigenvalue weighted by molar-refractivity contribution is 6.37. The number of rotatable bonds is 5. The number of nitrogens with zero attached hydrogens (tertiary/aromatic N) is 1. The lowest BCUT2D eigenvalue weighted by atomic mass is 10.1. The molecule has 3 rings (SSSR count). The van der Waals surface area contributed by atoms with Gasteiger partial charge in [-0.3, -0.25) is 4.99 Å². The number of hydrogen-bond donors (Lipinski definition) is 0. The van der Waals surface area contributed by atoms with E-state index in [9.17, 15) is 4.39 Å². The first-order valence-electron chi connectivity index (χ1n) is 8.40. The van der Waals surface area contributed by atoms with E-state index < -0.39 is 0 Å². The maximum absolute atomic E-state index is 13.7. The standard InChI is InChI=1S/C22H18Cl2FNO/c1-14-7-8-21(15(2)9-14)26-12-16-10-18(23)22(19(24)11-16)27-13-17-5-3-4-6-20(17)25/h3-12H,13H2,1-2H3. The zero-order valence-electron chi connectivity index (χ0n) is 15.0. The molecule has 3 aromatic rings. The molecule has 27 heavy (non-hydrogen) atoms. The second-order valence-electron chi connectivity index (χ2n) is 6.24. The van der Waals surface area contributed by atoms with Gasteiger partial charge in [-0.25, -0.2) is 4.39 Å². The van der Waals surface area contributed by atoms with Crippen molar-refractivity contribution in [1.82, 2.24) is 0 Å². The SMILES string of the molecule is Cc1ccc(N=Cc2cc(Cl)c(OCc3ccccc3F)c(Cl)c2)c(C)c1.